The van der Waals surface area contributed by atoms with Crippen LogP contribution in [-0.4, -0.2) is 69.7 Å². The molecule has 3 heterocycles. The number of ether oxygens (including phenoxy) is 5. The third-order valence-corrected chi connectivity index (χ3v) is 9.44. The van der Waals surface area contributed by atoms with Crippen molar-refractivity contribution in [2.24, 2.45) is 9.98 Å². The highest BCUT2D eigenvalue weighted by Gasteiger charge is 2.33. The Balaban J connectivity index is 0.989. The van der Waals surface area contributed by atoms with E-state index in [0.29, 0.717) is 90.1 Å². The molecular weight excluding hydrogens is 686 g/mol. The molecule has 12 nitrogen and oxygen atoms in total. The van der Waals surface area contributed by atoms with Crippen LogP contribution in [0.4, 0.5) is 17.1 Å². The smallest absolute Gasteiger partial charge is 0.260 e. The van der Waals surface area contributed by atoms with Crippen LogP contribution >= 0.6 is 0 Å². The molecule has 0 aliphatic carbocycles. The number of nitrogens with two attached hydrogens (primary N) is 1. The number of fused-ring (bicyclic) bond motifs is 3. The van der Waals surface area contributed by atoms with Crippen LogP contribution in [0.25, 0.3) is 11.1 Å². The number of hydrogen-bond acceptors (Lipinski definition) is 10. The van der Waals surface area contributed by atoms with Crippen LogP contribution in [0.2, 0.25) is 0 Å². The van der Waals surface area contributed by atoms with Gasteiger partial charge in [-0.25, -0.2) is 0 Å². The fourth-order valence-electron chi connectivity index (χ4n) is 6.52. The van der Waals surface area contributed by atoms with Gasteiger partial charge in [0.15, 0.2) is 23.0 Å². The molecule has 7 rings (SSSR count). The maximum Gasteiger partial charge on any atom is 0.260 e. The number of carbonyl (C=O) groups excluding carboxylic acids is 2. The molecule has 4 aromatic rings. The van der Waals surface area contributed by atoms with Gasteiger partial charge in [0.25, 0.3) is 11.8 Å². The number of nitrogen functional groups attached to an aromatic ring is 1. The number of amides is 2. The number of anilines is 1. The lowest BCUT2D eigenvalue weighted by atomic mass is 10.0. The SMILES string of the molecule is COc1ccc(C2=CN3C(=O)c4cc(OC)c(OCCCOc5cc6c(cc5OC)C(=O)N/C=C(/c5ccc(N)cc5)CCC=N6)cc4N=C[C@@H]3C2)cc1. The van der Waals surface area contributed by atoms with Crippen LogP contribution in [0.3, 0.4) is 0 Å². The van der Waals surface area contributed by atoms with Gasteiger partial charge in [0.1, 0.15) is 5.75 Å². The molecule has 3 aliphatic rings. The summed E-state index contributed by atoms with van der Waals surface area (Å²) in [5.41, 5.74) is 12.3. The number of methoxy groups -OCH3 is 3. The lowest BCUT2D eigenvalue weighted by Gasteiger charge is -2.19. The molecule has 3 N–H and O–H groups in total. The second kappa shape index (κ2) is 16.0. The molecule has 2 amide bonds. The van der Waals surface area contributed by atoms with Gasteiger partial charge < -0.3 is 39.6 Å². The molecule has 0 aromatic heterocycles. The molecular formula is C42H41N5O7. The van der Waals surface area contributed by atoms with E-state index in [1.807, 2.05) is 60.9 Å². The van der Waals surface area contributed by atoms with Crippen LogP contribution in [0, 0.1) is 0 Å². The zero-order valence-electron chi connectivity index (χ0n) is 30.3. The van der Waals surface area contributed by atoms with Crippen LogP contribution in [0.15, 0.2) is 95.2 Å². The molecule has 3 aliphatic heterocycles. The van der Waals surface area contributed by atoms with Crippen molar-refractivity contribution in [1.82, 2.24) is 10.2 Å². The Hall–Kier alpha value is -6.56. The predicted molar refractivity (Wildman–Crippen MR) is 209 cm³/mol. The fraction of sp³-hybridized carbons (Fsp3) is 0.238. The first kappa shape index (κ1) is 35.8. The maximum absolute atomic E-state index is 13.7. The summed E-state index contributed by atoms with van der Waals surface area (Å²) < 4.78 is 28.7. The molecule has 276 valence electrons. The average Bonchev–Trinajstić information content (AvgIpc) is 3.58. The first-order valence-corrected chi connectivity index (χ1v) is 17.6. The van der Waals surface area contributed by atoms with E-state index in [0.717, 1.165) is 28.0 Å². The largest absolute Gasteiger partial charge is 0.497 e. The summed E-state index contributed by atoms with van der Waals surface area (Å²) in [7, 11) is 4.70. The Labute approximate surface area is 313 Å². The highest BCUT2D eigenvalue weighted by atomic mass is 16.5. The molecule has 1 atom stereocenters. The summed E-state index contributed by atoms with van der Waals surface area (Å²) in [4.78, 5) is 38.0. The Kier molecular flexibility index (Phi) is 10.6. The molecule has 54 heavy (non-hydrogen) atoms. The molecule has 0 saturated heterocycles. The van der Waals surface area contributed by atoms with E-state index in [1.54, 1.807) is 48.7 Å². The standard InChI is InChI=1S/C42H41N5O7/c1-50-32-13-9-27(10-14-32)29-18-31-24-45-36-22-40(38(52-3)20-34(36)42(49)47(31)25-29)54-17-5-16-53-39-21-35-33(19-37(39)51-2)41(48)46-23-28(6-4-15-44-35)26-7-11-30(43)12-8-26/h7-15,19-25,31H,4-6,16-18,43H2,1-3H3,(H,46,48)/b28-23+,44-15?/t31-/m0/s1. The Morgan fingerprint density at radius 3 is 2.06 bits per heavy atom. The van der Waals surface area contributed by atoms with Crippen molar-refractivity contribution in [3.8, 4) is 28.7 Å². The second-order valence-corrected chi connectivity index (χ2v) is 12.9. The summed E-state index contributed by atoms with van der Waals surface area (Å²) in [5, 5.41) is 2.91. The fourth-order valence-corrected chi connectivity index (χ4v) is 6.52. The normalized spacial score (nSPS) is 17.2. The van der Waals surface area contributed by atoms with Crippen LogP contribution < -0.4 is 34.7 Å². The Bertz CT molecular complexity index is 2170. The number of benzene rings is 4. The lowest BCUT2D eigenvalue weighted by molar-refractivity contribution is 0.0817. The number of nitrogens with one attached hydrogen (secondary N) is 1. The maximum atomic E-state index is 13.7. The van der Waals surface area contributed by atoms with E-state index in [1.165, 1.54) is 14.2 Å². The van der Waals surface area contributed by atoms with Gasteiger partial charge in [-0.15, -0.1) is 0 Å². The predicted octanol–water partition coefficient (Wildman–Crippen LogP) is 7.38. The number of aliphatic imine (C=N–C) groups is 2. The first-order chi connectivity index (χ1) is 26.3. The number of rotatable bonds is 11. The minimum atomic E-state index is -0.314. The van der Waals surface area contributed by atoms with Crippen molar-refractivity contribution in [3.05, 3.63) is 107 Å². The summed E-state index contributed by atoms with van der Waals surface area (Å²) in [5.74, 6) is 2.06. The topological polar surface area (TPSA) is 146 Å². The molecule has 0 saturated carbocycles. The van der Waals surface area contributed by atoms with Gasteiger partial charge in [0, 0.05) is 55.5 Å². The molecule has 0 radical (unpaired) electrons. The van der Waals surface area contributed by atoms with Crippen LogP contribution in [0.1, 0.15) is 57.5 Å². The number of carbonyl (C=O) groups is 2. The van der Waals surface area contributed by atoms with Gasteiger partial charge in [0.05, 0.1) is 63.1 Å². The first-order valence-electron chi connectivity index (χ1n) is 17.6. The van der Waals surface area contributed by atoms with Gasteiger partial charge in [0.2, 0.25) is 0 Å². The molecule has 12 heteroatoms. The number of allylic oxidation sites excluding steroid dienone is 1. The zero-order valence-corrected chi connectivity index (χ0v) is 30.3. The number of hydrogen-bond donors (Lipinski definition) is 2. The van der Waals surface area contributed by atoms with E-state index in [-0.39, 0.29) is 17.9 Å². The van der Waals surface area contributed by atoms with Crippen molar-refractivity contribution in [1.29, 1.82) is 0 Å². The quantitative estimate of drug-likeness (QED) is 0.120. The van der Waals surface area contributed by atoms with E-state index in [2.05, 4.69) is 10.3 Å². The average molecular weight is 728 g/mol. The molecule has 0 bridgehead atoms. The van der Waals surface area contributed by atoms with Gasteiger partial charge in [-0.2, -0.15) is 0 Å². The highest BCUT2D eigenvalue weighted by molar-refractivity contribution is 6.05. The van der Waals surface area contributed by atoms with Crippen LogP contribution in [0.5, 0.6) is 28.7 Å². The summed E-state index contributed by atoms with van der Waals surface area (Å²) >= 11 is 0. The lowest BCUT2D eigenvalue weighted by Crippen LogP contribution is -2.32. The van der Waals surface area contributed by atoms with E-state index >= 15 is 0 Å². The van der Waals surface area contributed by atoms with E-state index < -0.39 is 0 Å². The summed E-state index contributed by atoms with van der Waals surface area (Å²) in [6.45, 7) is 0.591. The third-order valence-electron chi connectivity index (χ3n) is 9.44. The zero-order chi connectivity index (χ0) is 37.6. The minimum Gasteiger partial charge on any atom is -0.497 e. The monoisotopic (exact) mass is 727 g/mol. The number of nitrogens with zero attached hydrogens (tertiary/aromatic N) is 3. The van der Waals surface area contributed by atoms with E-state index in [9.17, 15) is 9.59 Å². The second-order valence-electron chi connectivity index (χ2n) is 12.9. The van der Waals surface area contributed by atoms with Gasteiger partial charge in [-0.05, 0) is 71.5 Å². The van der Waals surface area contributed by atoms with Crippen molar-refractivity contribution in [2.45, 2.75) is 31.7 Å². The highest BCUT2D eigenvalue weighted by Crippen LogP contribution is 2.40. The molecule has 0 spiro atoms. The van der Waals surface area contributed by atoms with E-state index in [4.69, 9.17) is 34.4 Å². The Morgan fingerprint density at radius 2 is 1.39 bits per heavy atom. The Morgan fingerprint density at radius 1 is 0.759 bits per heavy atom. The third kappa shape index (κ3) is 7.63. The van der Waals surface area contributed by atoms with Crippen molar-refractivity contribution < 1.29 is 33.3 Å². The summed E-state index contributed by atoms with van der Waals surface area (Å²) in [6.07, 6.45) is 9.75. The molecule has 0 fully saturated rings. The van der Waals surface area contributed by atoms with Gasteiger partial charge in [-0.3, -0.25) is 19.6 Å². The van der Waals surface area contributed by atoms with Gasteiger partial charge in [-0.1, -0.05) is 24.3 Å². The molecule has 4 aromatic carbocycles. The van der Waals surface area contributed by atoms with Crippen molar-refractivity contribution in [2.75, 3.05) is 40.3 Å². The molecule has 0 unspecified atom stereocenters. The van der Waals surface area contributed by atoms with Crippen molar-refractivity contribution >= 4 is 52.5 Å². The summed E-state index contributed by atoms with van der Waals surface area (Å²) in [6, 6.07) is 21.9. The van der Waals surface area contributed by atoms with Crippen LogP contribution in [-0.2, 0) is 0 Å². The van der Waals surface area contributed by atoms with Gasteiger partial charge >= 0.3 is 0 Å². The van der Waals surface area contributed by atoms with Crippen molar-refractivity contribution in [3.63, 3.8) is 0 Å². The minimum absolute atomic E-state index is 0.160.